The van der Waals surface area contributed by atoms with Crippen molar-refractivity contribution in [3.05, 3.63) is 0 Å². The minimum Gasteiger partial charge on any atom is -0.378 e. The molecule has 0 aromatic carbocycles. The first-order valence-electron chi connectivity index (χ1n) is 8.43. The van der Waals surface area contributed by atoms with E-state index in [0.29, 0.717) is 6.04 Å². The van der Waals surface area contributed by atoms with Gasteiger partial charge in [0.15, 0.2) is 0 Å². The molecule has 0 amide bonds. The molecule has 2 bridgehead atoms. The van der Waals surface area contributed by atoms with Crippen molar-refractivity contribution in [2.45, 2.75) is 50.6 Å². The lowest BCUT2D eigenvalue weighted by Gasteiger charge is -2.39. The normalized spacial score (nSPS) is 42.9. The number of morpholine rings is 1. The molecular formula is C16H28N2O. The fraction of sp³-hybridized carbons (Fsp3) is 1.00. The lowest BCUT2D eigenvalue weighted by atomic mass is 9.88. The summed E-state index contributed by atoms with van der Waals surface area (Å²) in [6, 6.07) is 1.46. The standard InChI is InChI=1S/C16H28N2O/c1-2-13-7-12(1)8-14(13)10-18-5-6-19-11-16(18)9-17-15-3-4-15/h12-17H,1-11H2. The topological polar surface area (TPSA) is 24.5 Å². The smallest absolute Gasteiger partial charge is 0.0634 e. The van der Waals surface area contributed by atoms with Crippen LogP contribution in [0.5, 0.6) is 0 Å². The maximum atomic E-state index is 5.71. The summed E-state index contributed by atoms with van der Waals surface area (Å²) in [5.74, 6) is 3.14. The van der Waals surface area contributed by atoms with Crippen molar-refractivity contribution in [1.29, 1.82) is 0 Å². The van der Waals surface area contributed by atoms with Crippen molar-refractivity contribution in [2.75, 3.05) is 32.8 Å². The van der Waals surface area contributed by atoms with Gasteiger partial charge in [-0.2, -0.15) is 0 Å². The summed E-state index contributed by atoms with van der Waals surface area (Å²) < 4.78 is 5.71. The van der Waals surface area contributed by atoms with Crippen LogP contribution >= 0.6 is 0 Å². The highest BCUT2D eigenvalue weighted by molar-refractivity contribution is 4.93. The van der Waals surface area contributed by atoms with Crippen LogP contribution in [0.4, 0.5) is 0 Å². The van der Waals surface area contributed by atoms with Crippen LogP contribution in [0.3, 0.4) is 0 Å². The van der Waals surface area contributed by atoms with Gasteiger partial charge >= 0.3 is 0 Å². The number of nitrogens with one attached hydrogen (secondary N) is 1. The molecule has 4 atom stereocenters. The molecule has 3 saturated carbocycles. The summed E-state index contributed by atoms with van der Waals surface area (Å²) in [6.07, 6.45) is 8.88. The summed E-state index contributed by atoms with van der Waals surface area (Å²) in [4.78, 5) is 2.74. The Kier molecular flexibility index (Phi) is 3.55. The quantitative estimate of drug-likeness (QED) is 0.820. The van der Waals surface area contributed by atoms with Crippen molar-refractivity contribution in [1.82, 2.24) is 10.2 Å². The zero-order chi connectivity index (χ0) is 12.7. The second kappa shape index (κ2) is 5.34. The minimum atomic E-state index is 0.633. The Morgan fingerprint density at radius 2 is 2.05 bits per heavy atom. The first-order chi connectivity index (χ1) is 9.38. The molecule has 0 radical (unpaired) electrons. The average Bonchev–Trinajstić information content (AvgIpc) is 3.04. The monoisotopic (exact) mass is 264 g/mol. The molecule has 3 heteroatoms. The maximum Gasteiger partial charge on any atom is 0.0634 e. The number of hydrogen-bond acceptors (Lipinski definition) is 3. The van der Waals surface area contributed by atoms with E-state index in [1.54, 1.807) is 6.42 Å². The molecule has 19 heavy (non-hydrogen) atoms. The van der Waals surface area contributed by atoms with Gasteiger partial charge in [0.25, 0.3) is 0 Å². The third kappa shape index (κ3) is 2.84. The van der Waals surface area contributed by atoms with Crippen LogP contribution in [0.1, 0.15) is 38.5 Å². The predicted octanol–water partition coefficient (Wildman–Crippen LogP) is 1.88. The summed E-state index contributed by atoms with van der Waals surface area (Å²) in [7, 11) is 0. The summed E-state index contributed by atoms with van der Waals surface area (Å²) in [6.45, 7) is 5.54. The van der Waals surface area contributed by atoms with E-state index >= 15 is 0 Å². The van der Waals surface area contributed by atoms with Crippen molar-refractivity contribution >= 4 is 0 Å². The second-order valence-electron chi connectivity index (χ2n) is 7.34. The Bertz CT molecular complexity index is 318. The Balaban J connectivity index is 1.31. The fourth-order valence-electron chi connectivity index (χ4n) is 4.61. The van der Waals surface area contributed by atoms with Crippen molar-refractivity contribution in [3.63, 3.8) is 0 Å². The zero-order valence-corrected chi connectivity index (χ0v) is 12.0. The SMILES string of the molecule is C1CN(CC2CC3CCC2C3)C(CNC2CC2)CO1. The molecule has 0 aromatic rings. The third-order valence-electron chi connectivity index (χ3n) is 5.92. The van der Waals surface area contributed by atoms with Crippen LogP contribution in [0.2, 0.25) is 0 Å². The number of fused-ring (bicyclic) bond motifs is 2. The molecule has 0 aromatic heterocycles. The highest BCUT2D eigenvalue weighted by atomic mass is 16.5. The van der Waals surface area contributed by atoms with Gasteiger partial charge in [-0.15, -0.1) is 0 Å². The van der Waals surface area contributed by atoms with Gasteiger partial charge < -0.3 is 10.1 Å². The highest BCUT2D eigenvalue weighted by Crippen LogP contribution is 2.48. The summed E-state index contributed by atoms with van der Waals surface area (Å²) in [5, 5.41) is 3.69. The molecule has 1 saturated heterocycles. The lowest BCUT2D eigenvalue weighted by Crippen LogP contribution is -2.52. The van der Waals surface area contributed by atoms with Gasteiger partial charge in [0, 0.05) is 31.7 Å². The van der Waals surface area contributed by atoms with Gasteiger partial charge in [-0.25, -0.2) is 0 Å². The summed E-state index contributed by atoms with van der Waals surface area (Å²) in [5.41, 5.74) is 0. The van der Waals surface area contributed by atoms with Crippen LogP contribution in [-0.2, 0) is 4.74 Å². The number of nitrogens with zero attached hydrogens (tertiary/aromatic N) is 1. The van der Waals surface area contributed by atoms with E-state index in [9.17, 15) is 0 Å². The molecule has 3 aliphatic carbocycles. The van der Waals surface area contributed by atoms with Gasteiger partial charge in [-0.05, 0) is 49.9 Å². The number of hydrogen-bond donors (Lipinski definition) is 1. The van der Waals surface area contributed by atoms with Crippen LogP contribution in [0.25, 0.3) is 0 Å². The highest BCUT2D eigenvalue weighted by Gasteiger charge is 2.41. The molecular weight excluding hydrogens is 236 g/mol. The lowest BCUT2D eigenvalue weighted by molar-refractivity contribution is -0.0173. The van der Waals surface area contributed by atoms with E-state index in [1.165, 1.54) is 38.6 Å². The molecule has 4 rings (SSSR count). The van der Waals surface area contributed by atoms with Gasteiger partial charge in [0.1, 0.15) is 0 Å². The molecule has 4 unspecified atom stereocenters. The molecule has 0 spiro atoms. The Labute approximate surface area is 117 Å². The van der Waals surface area contributed by atoms with E-state index < -0.39 is 0 Å². The molecule has 1 aliphatic heterocycles. The predicted molar refractivity (Wildman–Crippen MR) is 76.1 cm³/mol. The Hall–Kier alpha value is -0.120. The van der Waals surface area contributed by atoms with Gasteiger partial charge in [0.2, 0.25) is 0 Å². The first-order valence-corrected chi connectivity index (χ1v) is 8.43. The molecule has 3 nitrogen and oxygen atoms in total. The van der Waals surface area contributed by atoms with E-state index in [2.05, 4.69) is 10.2 Å². The molecule has 1 heterocycles. The van der Waals surface area contributed by atoms with Crippen molar-refractivity contribution in [3.8, 4) is 0 Å². The van der Waals surface area contributed by atoms with Gasteiger partial charge in [0.05, 0.1) is 13.2 Å². The van der Waals surface area contributed by atoms with Crippen LogP contribution < -0.4 is 5.32 Å². The summed E-state index contributed by atoms with van der Waals surface area (Å²) >= 11 is 0. The van der Waals surface area contributed by atoms with E-state index in [1.807, 2.05) is 0 Å². The maximum absolute atomic E-state index is 5.71. The Morgan fingerprint density at radius 1 is 1.11 bits per heavy atom. The van der Waals surface area contributed by atoms with Crippen LogP contribution in [0.15, 0.2) is 0 Å². The van der Waals surface area contributed by atoms with E-state index in [-0.39, 0.29) is 0 Å². The molecule has 4 fully saturated rings. The van der Waals surface area contributed by atoms with Crippen molar-refractivity contribution in [2.24, 2.45) is 17.8 Å². The minimum absolute atomic E-state index is 0.633. The van der Waals surface area contributed by atoms with E-state index in [4.69, 9.17) is 4.74 Å². The second-order valence-corrected chi connectivity index (χ2v) is 7.34. The Morgan fingerprint density at radius 3 is 2.79 bits per heavy atom. The first kappa shape index (κ1) is 12.6. The fourth-order valence-corrected chi connectivity index (χ4v) is 4.61. The van der Waals surface area contributed by atoms with Crippen LogP contribution in [-0.4, -0.2) is 49.8 Å². The largest absolute Gasteiger partial charge is 0.378 e. The molecule has 1 N–H and O–H groups in total. The van der Waals surface area contributed by atoms with Crippen LogP contribution in [0, 0.1) is 17.8 Å². The number of ether oxygens (including phenoxy) is 1. The zero-order valence-electron chi connectivity index (χ0n) is 12.0. The third-order valence-corrected chi connectivity index (χ3v) is 5.92. The molecule has 4 aliphatic rings. The average molecular weight is 264 g/mol. The van der Waals surface area contributed by atoms with Crippen molar-refractivity contribution < 1.29 is 4.74 Å². The van der Waals surface area contributed by atoms with Gasteiger partial charge in [-0.3, -0.25) is 4.90 Å². The van der Waals surface area contributed by atoms with Gasteiger partial charge in [-0.1, -0.05) is 6.42 Å². The number of rotatable bonds is 5. The van der Waals surface area contributed by atoms with E-state index in [0.717, 1.165) is 50.1 Å². The molecule has 108 valence electrons.